The normalized spacial score (nSPS) is 24.0. The highest BCUT2D eigenvalue weighted by Crippen LogP contribution is 2.32. The first kappa shape index (κ1) is 22.2. The zero-order valence-corrected chi connectivity index (χ0v) is 17.5. The second-order valence-electron chi connectivity index (χ2n) is 9.02. The molecule has 0 heterocycles. The topological polar surface area (TPSA) is 52.6 Å². The van der Waals surface area contributed by atoms with Crippen molar-refractivity contribution >= 4 is 11.9 Å². The number of unbranched alkanes of at least 4 members (excludes halogenated alkanes) is 3. The lowest BCUT2D eigenvalue weighted by Crippen LogP contribution is -2.32. The van der Waals surface area contributed by atoms with Crippen molar-refractivity contribution in [1.29, 1.82) is 0 Å². The molecule has 2 saturated carbocycles. The number of carbonyl (C=O) groups excluding carboxylic acids is 2. The molecule has 0 bridgehead atoms. The van der Waals surface area contributed by atoms with E-state index in [0.717, 1.165) is 63.7 Å². The minimum Gasteiger partial charge on any atom is -0.465 e. The van der Waals surface area contributed by atoms with Crippen molar-refractivity contribution in [2.45, 2.75) is 110 Å². The van der Waals surface area contributed by atoms with E-state index in [2.05, 4.69) is 13.8 Å². The number of hydrogen-bond acceptors (Lipinski definition) is 4. The van der Waals surface area contributed by atoms with Crippen molar-refractivity contribution in [3.63, 3.8) is 0 Å². The van der Waals surface area contributed by atoms with Gasteiger partial charge in [-0.25, -0.2) is 0 Å². The van der Waals surface area contributed by atoms with Crippen molar-refractivity contribution in [2.75, 3.05) is 6.61 Å². The van der Waals surface area contributed by atoms with Gasteiger partial charge in [0.15, 0.2) is 0 Å². The van der Waals surface area contributed by atoms with E-state index >= 15 is 0 Å². The summed E-state index contributed by atoms with van der Waals surface area (Å²) in [6.07, 6.45) is 14.7. The van der Waals surface area contributed by atoms with Crippen molar-refractivity contribution in [2.24, 2.45) is 17.8 Å². The van der Waals surface area contributed by atoms with Crippen LogP contribution in [0.2, 0.25) is 0 Å². The lowest BCUT2D eigenvalue weighted by atomic mass is 9.81. The number of rotatable bonds is 10. The number of ether oxygens (including phenoxy) is 2. The molecule has 0 aromatic rings. The Balaban J connectivity index is 1.61. The lowest BCUT2D eigenvalue weighted by molar-refractivity contribution is -0.159. The van der Waals surface area contributed by atoms with Crippen LogP contribution in [0.15, 0.2) is 0 Å². The first-order valence-electron chi connectivity index (χ1n) is 11.4. The van der Waals surface area contributed by atoms with Gasteiger partial charge in [0.25, 0.3) is 0 Å². The van der Waals surface area contributed by atoms with Gasteiger partial charge in [0, 0.05) is 0 Å². The van der Waals surface area contributed by atoms with Crippen LogP contribution < -0.4 is 0 Å². The second-order valence-corrected chi connectivity index (χ2v) is 9.02. The maximum absolute atomic E-state index is 12.5. The second kappa shape index (κ2) is 12.4. The lowest BCUT2D eigenvalue weighted by Gasteiger charge is -2.29. The summed E-state index contributed by atoms with van der Waals surface area (Å²) in [6, 6.07) is 0. The van der Waals surface area contributed by atoms with E-state index in [9.17, 15) is 9.59 Å². The molecule has 0 N–H and O–H groups in total. The molecule has 0 aromatic carbocycles. The molecule has 4 nitrogen and oxygen atoms in total. The molecule has 2 aliphatic carbocycles. The van der Waals surface area contributed by atoms with Gasteiger partial charge in [0.2, 0.25) is 0 Å². The van der Waals surface area contributed by atoms with Gasteiger partial charge in [-0.3, -0.25) is 9.59 Å². The zero-order chi connectivity index (χ0) is 19.5. The highest BCUT2D eigenvalue weighted by Gasteiger charge is 2.34. The monoisotopic (exact) mass is 380 g/mol. The molecule has 27 heavy (non-hydrogen) atoms. The summed E-state index contributed by atoms with van der Waals surface area (Å²) in [5.74, 6) is 0.349. The third kappa shape index (κ3) is 8.66. The van der Waals surface area contributed by atoms with Crippen LogP contribution in [0.4, 0.5) is 0 Å². The van der Waals surface area contributed by atoms with E-state index in [1.807, 2.05) is 0 Å². The van der Waals surface area contributed by atoms with Crippen LogP contribution in [0.25, 0.3) is 0 Å². The van der Waals surface area contributed by atoms with Crippen LogP contribution in [0, 0.1) is 17.8 Å². The van der Waals surface area contributed by atoms with E-state index in [-0.39, 0.29) is 29.9 Å². The molecule has 0 aliphatic heterocycles. The first-order valence-corrected chi connectivity index (χ1v) is 11.4. The molecule has 2 atom stereocenters. The third-order valence-electron chi connectivity index (χ3n) is 6.10. The van der Waals surface area contributed by atoms with E-state index in [0.29, 0.717) is 13.0 Å². The summed E-state index contributed by atoms with van der Waals surface area (Å²) in [4.78, 5) is 24.8. The summed E-state index contributed by atoms with van der Waals surface area (Å²) < 4.78 is 11.2. The Morgan fingerprint density at radius 3 is 2.19 bits per heavy atom. The fourth-order valence-corrected chi connectivity index (χ4v) is 4.36. The molecule has 0 radical (unpaired) electrons. The molecule has 0 spiro atoms. The van der Waals surface area contributed by atoms with Crippen LogP contribution in [-0.2, 0) is 19.1 Å². The van der Waals surface area contributed by atoms with Crippen LogP contribution >= 0.6 is 0 Å². The highest BCUT2D eigenvalue weighted by atomic mass is 16.5. The molecule has 2 unspecified atom stereocenters. The average Bonchev–Trinajstić information content (AvgIpc) is 2.67. The Morgan fingerprint density at radius 2 is 1.48 bits per heavy atom. The molecule has 0 saturated heterocycles. The van der Waals surface area contributed by atoms with E-state index in [1.54, 1.807) is 0 Å². The Labute approximate surface area is 165 Å². The fourth-order valence-electron chi connectivity index (χ4n) is 4.36. The quantitative estimate of drug-likeness (QED) is 0.354. The van der Waals surface area contributed by atoms with Crippen molar-refractivity contribution in [3.05, 3.63) is 0 Å². The molecular weight excluding hydrogens is 340 g/mol. The SMILES string of the molecule is CC(C)CCCCCCOC(=O)C1CCCC(C(=O)OC2CCCCC2)C1. The van der Waals surface area contributed by atoms with Crippen LogP contribution in [0.5, 0.6) is 0 Å². The maximum Gasteiger partial charge on any atom is 0.309 e. The largest absolute Gasteiger partial charge is 0.465 e. The third-order valence-corrected chi connectivity index (χ3v) is 6.10. The van der Waals surface area contributed by atoms with Crippen LogP contribution in [-0.4, -0.2) is 24.6 Å². The molecule has 2 fully saturated rings. The zero-order valence-electron chi connectivity index (χ0n) is 17.5. The molecule has 0 aromatic heterocycles. The highest BCUT2D eigenvalue weighted by molar-refractivity contribution is 5.76. The summed E-state index contributed by atoms with van der Waals surface area (Å²) >= 11 is 0. The van der Waals surface area contributed by atoms with Gasteiger partial charge in [0.1, 0.15) is 6.10 Å². The van der Waals surface area contributed by atoms with Gasteiger partial charge in [-0.15, -0.1) is 0 Å². The van der Waals surface area contributed by atoms with Crippen molar-refractivity contribution < 1.29 is 19.1 Å². The number of carbonyl (C=O) groups is 2. The van der Waals surface area contributed by atoms with Gasteiger partial charge in [-0.05, 0) is 57.3 Å². The molecule has 0 amide bonds. The van der Waals surface area contributed by atoms with Crippen molar-refractivity contribution in [1.82, 2.24) is 0 Å². The average molecular weight is 381 g/mol. The van der Waals surface area contributed by atoms with E-state index in [4.69, 9.17) is 9.47 Å². The molecule has 156 valence electrons. The Morgan fingerprint density at radius 1 is 0.815 bits per heavy atom. The van der Waals surface area contributed by atoms with Crippen molar-refractivity contribution in [3.8, 4) is 0 Å². The fraction of sp³-hybridized carbons (Fsp3) is 0.913. The maximum atomic E-state index is 12.5. The van der Waals surface area contributed by atoms with Gasteiger partial charge in [-0.1, -0.05) is 52.4 Å². The predicted molar refractivity (Wildman–Crippen MR) is 107 cm³/mol. The van der Waals surface area contributed by atoms with Gasteiger partial charge in [-0.2, -0.15) is 0 Å². The minimum absolute atomic E-state index is 0.0791. The predicted octanol–water partition coefficient (Wildman–Crippen LogP) is 5.82. The molecule has 4 heteroatoms. The van der Waals surface area contributed by atoms with E-state index in [1.165, 1.54) is 25.7 Å². The van der Waals surface area contributed by atoms with Gasteiger partial charge in [0.05, 0.1) is 18.4 Å². The Hall–Kier alpha value is -1.06. The summed E-state index contributed by atoms with van der Waals surface area (Å²) in [6.45, 7) is 5.03. The number of esters is 2. The molecule has 2 rings (SSSR count). The summed E-state index contributed by atoms with van der Waals surface area (Å²) in [7, 11) is 0. The summed E-state index contributed by atoms with van der Waals surface area (Å²) in [5.41, 5.74) is 0. The van der Waals surface area contributed by atoms with Crippen LogP contribution in [0.1, 0.15) is 104 Å². The van der Waals surface area contributed by atoms with Gasteiger partial charge < -0.3 is 9.47 Å². The minimum atomic E-state index is -0.122. The molecular formula is C23H40O4. The first-order chi connectivity index (χ1) is 13.1. The molecule has 2 aliphatic rings. The Kier molecular flexibility index (Phi) is 10.2. The van der Waals surface area contributed by atoms with Crippen LogP contribution in [0.3, 0.4) is 0 Å². The number of hydrogen-bond donors (Lipinski definition) is 0. The smallest absolute Gasteiger partial charge is 0.309 e. The van der Waals surface area contributed by atoms with E-state index < -0.39 is 0 Å². The summed E-state index contributed by atoms with van der Waals surface area (Å²) in [5, 5.41) is 0. The standard InChI is InChI=1S/C23H40O4/c1-18(2)11-6-3-4-9-16-26-22(24)19-12-10-13-20(17-19)23(25)27-21-14-7-5-8-15-21/h18-21H,3-17H2,1-2H3. The Bertz CT molecular complexity index is 440. The van der Waals surface area contributed by atoms with Gasteiger partial charge >= 0.3 is 11.9 Å².